The number of amides is 2. The van der Waals surface area contributed by atoms with Crippen LogP contribution in [0, 0.1) is 5.92 Å². The lowest BCUT2D eigenvalue weighted by Gasteiger charge is -2.32. The number of fused-ring (bicyclic) bond motifs is 1. The van der Waals surface area contributed by atoms with Gasteiger partial charge < -0.3 is 20.5 Å². The average molecular weight is 530 g/mol. The van der Waals surface area contributed by atoms with Crippen LogP contribution < -0.4 is 10.6 Å². The number of rotatable bonds is 10. The number of carbonyl (C=O) groups excluding carboxylic acids is 2. The van der Waals surface area contributed by atoms with Crippen molar-refractivity contribution in [3.8, 4) is 0 Å². The lowest BCUT2D eigenvalue weighted by molar-refractivity contribution is -0.129. The van der Waals surface area contributed by atoms with Crippen LogP contribution in [0.3, 0.4) is 0 Å². The summed E-state index contributed by atoms with van der Waals surface area (Å²) in [5.74, 6) is 0.823. The molecule has 0 aliphatic carbocycles. The van der Waals surface area contributed by atoms with Gasteiger partial charge in [0.05, 0.1) is 17.6 Å². The molecule has 1 aromatic heterocycles. The van der Waals surface area contributed by atoms with Gasteiger partial charge in [0.2, 0.25) is 11.8 Å². The van der Waals surface area contributed by atoms with Gasteiger partial charge >= 0.3 is 0 Å². The Balaban J connectivity index is -0.00000140. The Kier molecular flexibility index (Phi) is 18.9. The Hall–Kier alpha value is -3.35. The lowest BCUT2D eigenvalue weighted by atomic mass is 10.1. The standard InChI is InChI=1S/C24H35N5O2.C3H6.C2H6.C2H4.2H2/c1-17(2)11-12-23(30)28-21(15-18(3)29-13-7-4-8-14-29)24(31)25-16-22-26-19-9-5-6-10-20(19)27-22;1-3-2;2*1-2;;/h5-6,9-10,17,21H,3-4,7-8,11-16H2,1-2H3,(H,25,31)(H,26,27)(H,28,30);3H,1H2,2H3;1-2H3;1-2H2;2*1H/t21-;;;;;/m0...../s1. The molecule has 3 N–H and O–H groups in total. The SMILES string of the molecule is C=C.C=C(C[C@H](NC(=O)CCC(C)C)C(=O)NCc1nc2ccccc2[nH]1)N1CCCCC1.C=CC.CC.[HH].[HH]. The zero-order valence-corrected chi connectivity index (χ0v) is 24.4. The number of piperidine rings is 1. The number of aromatic amines is 1. The fraction of sp³-hybridized carbons (Fsp3) is 0.516. The molecule has 7 heteroatoms. The molecule has 0 unspecified atom stereocenters. The van der Waals surface area contributed by atoms with Crippen LogP contribution in [0.25, 0.3) is 11.0 Å². The maximum Gasteiger partial charge on any atom is 0.243 e. The summed E-state index contributed by atoms with van der Waals surface area (Å²) in [5, 5.41) is 5.87. The van der Waals surface area contributed by atoms with E-state index in [-0.39, 0.29) is 21.2 Å². The maximum absolute atomic E-state index is 13.0. The van der Waals surface area contributed by atoms with E-state index in [1.54, 1.807) is 6.08 Å². The largest absolute Gasteiger partial charge is 0.375 e. The predicted octanol–water partition coefficient (Wildman–Crippen LogP) is 7.00. The lowest BCUT2D eigenvalue weighted by Crippen LogP contribution is -2.48. The minimum atomic E-state index is -0.640. The number of carbonyl (C=O) groups is 2. The third-order valence-corrected chi connectivity index (χ3v) is 5.71. The van der Waals surface area contributed by atoms with Crippen molar-refractivity contribution >= 4 is 22.8 Å². The molecule has 3 rings (SSSR count). The third-order valence-electron chi connectivity index (χ3n) is 5.71. The van der Waals surface area contributed by atoms with Crippen LogP contribution in [-0.4, -0.2) is 45.8 Å². The van der Waals surface area contributed by atoms with E-state index < -0.39 is 6.04 Å². The van der Waals surface area contributed by atoms with Gasteiger partial charge in [-0.2, -0.15) is 0 Å². The van der Waals surface area contributed by atoms with Gasteiger partial charge in [0.25, 0.3) is 0 Å². The van der Waals surface area contributed by atoms with Gasteiger partial charge in [-0.25, -0.2) is 4.98 Å². The number of H-pyrrole nitrogens is 1. The fourth-order valence-electron chi connectivity index (χ4n) is 3.85. The second-order valence-electron chi connectivity index (χ2n) is 9.20. The van der Waals surface area contributed by atoms with E-state index in [1.165, 1.54) is 6.42 Å². The van der Waals surface area contributed by atoms with E-state index in [4.69, 9.17) is 0 Å². The van der Waals surface area contributed by atoms with Crippen molar-refractivity contribution in [2.75, 3.05) is 13.1 Å². The van der Waals surface area contributed by atoms with Gasteiger partial charge in [0, 0.05) is 34.5 Å². The summed E-state index contributed by atoms with van der Waals surface area (Å²) in [7, 11) is 0. The second-order valence-corrected chi connectivity index (χ2v) is 9.20. The van der Waals surface area contributed by atoms with E-state index in [0.29, 0.717) is 24.6 Å². The van der Waals surface area contributed by atoms with Crippen LogP contribution in [0.5, 0.6) is 0 Å². The molecule has 1 saturated heterocycles. The third kappa shape index (κ3) is 13.3. The summed E-state index contributed by atoms with van der Waals surface area (Å²) >= 11 is 0. The topological polar surface area (TPSA) is 90.1 Å². The highest BCUT2D eigenvalue weighted by Gasteiger charge is 2.24. The van der Waals surface area contributed by atoms with Crippen molar-refractivity contribution in [2.24, 2.45) is 5.92 Å². The molecule has 38 heavy (non-hydrogen) atoms. The molecule has 7 nitrogen and oxygen atoms in total. The van der Waals surface area contributed by atoms with E-state index in [0.717, 1.165) is 49.1 Å². The van der Waals surface area contributed by atoms with Crippen LogP contribution in [0.2, 0.25) is 0 Å². The number of para-hydroxylation sites is 2. The average Bonchev–Trinajstić information content (AvgIpc) is 3.36. The fourth-order valence-corrected chi connectivity index (χ4v) is 3.85. The van der Waals surface area contributed by atoms with E-state index in [1.807, 2.05) is 45.0 Å². The first kappa shape index (κ1) is 34.6. The first-order valence-corrected chi connectivity index (χ1v) is 13.8. The molecule has 1 aromatic carbocycles. The minimum Gasteiger partial charge on any atom is -0.375 e. The van der Waals surface area contributed by atoms with Gasteiger partial charge in [-0.1, -0.05) is 52.5 Å². The molecule has 1 aliphatic heterocycles. The van der Waals surface area contributed by atoms with Crippen LogP contribution in [-0.2, 0) is 16.1 Å². The molecule has 2 amide bonds. The van der Waals surface area contributed by atoms with Crippen LogP contribution in [0.15, 0.2) is 62.4 Å². The van der Waals surface area contributed by atoms with E-state index >= 15 is 0 Å². The Morgan fingerprint density at radius 3 is 2.34 bits per heavy atom. The molecular formula is C31H55N5O2. The molecule has 2 heterocycles. The van der Waals surface area contributed by atoms with Crippen molar-refractivity contribution < 1.29 is 12.4 Å². The summed E-state index contributed by atoms with van der Waals surface area (Å²) in [4.78, 5) is 35.4. The molecule has 0 radical (unpaired) electrons. The van der Waals surface area contributed by atoms with Gasteiger partial charge in [0.15, 0.2) is 0 Å². The molecule has 0 saturated carbocycles. The number of nitrogens with one attached hydrogen (secondary N) is 3. The summed E-state index contributed by atoms with van der Waals surface area (Å²) in [6.45, 7) is 25.8. The van der Waals surface area contributed by atoms with Gasteiger partial charge in [-0.15, -0.1) is 19.7 Å². The highest BCUT2D eigenvalue weighted by Crippen LogP contribution is 2.18. The number of hydrogen-bond acceptors (Lipinski definition) is 4. The van der Waals surface area contributed by atoms with Crippen LogP contribution >= 0.6 is 0 Å². The first-order valence-electron chi connectivity index (χ1n) is 13.8. The zero-order valence-electron chi connectivity index (χ0n) is 24.4. The number of hydrogen-bond donors (Lipinski definition) is 3. The quantitative estimate of drug-likeness (QED) is 0.289. The Bertz CT molecular complexity index is 939. The minimum absolute atomic E-state index is 0. The number of benzene rings is 1. The summed E-state index contributed by atoms with van der Waals surface area (Å²) in [6.07, 6.45) is 6.90. The smallest absolute Gasteiger partial charge is 0.243 e. The van der Waals surface area contributed by atoms with Crippen LogP contribution in [0.4, 0.5) is 0 Å². The number of nitrogens with zero attached hydrogens (tertiary/aromatic N) is 2. The number of imidazole rings is 1. The highest BCUT2D eigenvalue weighted by atomic mass is 16.2. The monoisotopic (exact) mass is 529 g/mol. The van der Waals surface area contributed by atoms with Gasteiger partial charge in [0.1, 0.15) is 11.9 Å². The highest BCUT2D eigenvalue weighted by molar-refractivity contribution is 5.87. The molecule has 1 aliphatic rings. The van der Waals surface area contributed by atoms with Crippen molar-refractivity contribution in [1.29, 1.82) is 0 Å². The first-order chi connectivity index (χ1) is 18.3. The second kappa shape index (κ2) is 20.7. The molecule has 0 spiro atoms. The summed E-state index contributed by atoms with van der Waals surface area (Å²) in [6, 6.07) is 7.11. The zero-order chi connectivity index (χ0) is 28.9. The number of aromatic nitrogens is 2. The van der Waals surface area contributed by atoms with Crippen molar-refractivity contribution in [2.45, 2.75) is 85.7 Å². The summed E-state index contributed by atoms with van der Waals surface area (Å²) < 4.78 is 0. The van der Waals surface area contributed by atoms with Crippen molar-refractivity contribution in [3.05, 3.63) is 68.2 Å². The Morgan fingerprint density at radius 2 is 1.76 bits per heavy atom. The predicted molar refractivity (Wildman–Crippen MR) is 166 cm³/mol. The Labute approximate surface area is 233 Å². The van der Waals surface area contributed by atoms with E-state index in [9.17, 15) is 9.59 Å². The van der Waals surface area contributed by atoms with Crippen LogP contribution in [0.1, 0.15) is 81.8 Å². The normalized spacial score (nSPS) is 12.9. The molecule has 216 valence electrons. The number of likely N-dealkylation sites (tertiary alicyclic amines) is 1. The van der Waals surface area contributed by atoms with Gasteiger partial charge in [-0.3, -0.25) is 9.59 Å². The van der Waals surface area contributed by atoms with E-state index in [2.05, 4.69) is 65.7 Å². The Morgan fingerprint density at radius 1 is 1.16 bits per heavy atom. The molecular weight excluding hydrogens is 474 g/mol. The van der Waals surface area contributed by atoms with Gasteiger partial charge in [-0.05, 0) is 50.7 Å². The summed E-state index contributed by atoms with van der Waals surface area (Å²) in [5.41, 5.74) is 2.71. The molecule has 2 aromatic rings. The molecule has 1 fully saturated rings. The molecule has 0 bridgehead atoms. The molecule has 1 atom stereocenters. The van der Waals surface area contributed by atoms with Crippen molar-refractivity contribution in [1.82, 2.24) is 25.5 Å². The maximum atomic E-state index is 13.0. The van der Waals surface area contributed by atoms with Crippen molar-refractivity contribution in [3.63, 3.8) is 0 Å². The number of allylic oxidation sites excluding steroid dienone is 1.